The normalized spacial score (nSPS) is 13.2. The maximum atomic E-state index is 11.0. The third kappa shape index (κ3) is 4.75. The van der Waals surface area contributed by atoms with Gasteiger partial charge in [0.1, 0.15) is 6.04 Å². The van der Waals surface area contributed by atoms with Crippen LogP contribution in [0, 0.1) is 0 Å². The van der Waals surface area contributed by atoms with Gasteiger partial charge in [-0.05, 0) is 13.8 Å². The third-order valence-electron chi connectivity index (χ3n) is 1.11. The molecule has 0 saturated heterocycles. The highest BCUT2D eigenvalue weighted by Gasteiger charge is 2.12. The summed E-state index contributed by atoms with van der Waals surface area (Å²) >= 11 is 0. The van der Waals surface area contributed by atoms with Gasteiger partial charge in [-0.1, -0.05) is 0 Å². The molecule has 0 radical (unpaired) electrons. The Labute approximate surface area is 67.1 Å². The van der Waals surface area contributed by atoms with E-state index in [2.05, 4.69) is 5.32 Å². The van der Waals surface area contributed by atoms with Crippen molar-refractivity contribution in [2.24, 2.45) is 5.73 Å². The highest BCUT2D eigenvalue weighted by atomic mass is 16.5. The van der Waals surface area contributed by atoms with E-state index in [1.165, 1.54) is 7.11 Å². The molecule has 4 nitrogen and oxygen atoms in total. The van der Waals surface area contributed by atoms with Crippen LogP contribution in [-0.4, -0.2) is 31.7 Å². The summed E-state index contributed by atoms with van der Waals surface area (Å²) in [7, 11) is 1.52. The average molecular weight is 160 g/mol. The number of nitrogens with one attached hydrogen (secondary N) is 1. The van der Waals surface area contributed by atoms with Crippen LogP contribution in [0.25, 0.3) is 0 Å². The number of amides is 1. The van der Waals surface area contributed by atoms with Gasteiger partial charge in [0.05, 0.1) is 6.61 Å². The molecule has 0 rings (SSSR count). The van der Waals surface area contributed by atoms with Crippen LogP contribution >= 0.6 is 0 Å². The van der Waals surface area contributed by atoms with E-state index in [0.29, 0.717) is 0 Å². The molecule has 1 atom stereocenters. The van der Waals surface area contributed by atoms with Gasteiger partial charge in [-0.15, -0.1) is 0 Å². The fourth-order valence-electron chi connectivity index (χ4n) is 0.647. The predicted octanol–water partition coefficient (Wildman–Crippen LogP) is -0.515. The van der Waals surface area contributed by atoms with Crippen molar-refractivity contribution in [3.8, 4) is 0 Å². The van der Waals surface area contributed by atoms with Crippen molar-refractivity contribution in [1.29, 1.82) is 0 Å². The van der Waals surface area contributed by atoms with E-state index in [0.717, 1.165) is 0 Å². The van der Waals surface area contributed by atoms with Crippen LogP contribution in [-0.2, 0) is 9.53 Å². The van der Waals surface area contributed by atoms with Crippen LogP contribution in [0.4, 0.5) is 0 Å². The van der Waals surface area contributed by atoms with Crippen LogP contribution in [0.1, 0.15) is 13.8 Å². The molecule has 0 fully saturated rings. The van der Waals surface area contributed by atoms with E-state index in [1.807, 2.05) is 13.8 Å². The second-order valence-electron chi connectivity index (χ2n) is 2.73. The minimum Gasteiger partial charge on any atom is -0.383 e. The second kappa shape index (κ2) is 5.09. The fraction of sp³-hybridized carbons (Fsp3) is 0.857. The van der Waals surface area contributed by atoms with E-state index in [1.54, 1.807) is 0 Å². The minimum atomic E-state index is -0.553. The zero-order valence-corrected chi connectivity index (χ0v) is 7.26. The first kappa shape index (κ1) is 10.4. The molecule has 0 spiro atoms. The van der Waals surface area contributed by atoms with Gasteiger partial charge in [-0.2, -0.15) is 0 Å². The molecule has 0 aromatic heterocycles. The Kier molecular flexibility index (Phi) is 4.81. The lowest BCUT2D eigenvalue weighted by molar-refractivity contribution is -0.123. The van der Waals surface area contributed by atoms with E-state index in [9.17, 15) is 4.79 Å². The van der Waals surface area contributed by atoms with Crippen molar-refractivity contribution in [3.05, 3.63) is 0 Å². The lowest BCUT2D eigenvalue weighted by Crippen LogP contribution is -2.45. The highest BCUT2D eigenvalue weighted by molar-refractivity contribution is 5.81. The lowest BCUT2D eigenvalue weighted by atomic mass is 10.3. The molecule has 4 heteroatoms. The second-order valence-corrected chi connectivity index (χ2v) is 2.73. The van der Waals surface area contributed by atoms with Gasteiger partial charge < -0.3 is 15.8 Å². The van der Waals surface area contributed by atoms with Gasteiger partial charge in [-0.3, -0.25) is 4.79 Å². The smallest absolute Gasteiger partial charge is 0.239 e. The molecule has 0 heterocycles. The standard InChI is InChI=1S/C7H16N2O2/c1-5(2)9-7(10)6(8)4-11-3/h5-6H,4,8H2,1-3H3,(H,9,10). The molecule has 0 aliphatic rings. The van der Waals surface area contributed by atoms with Gasteiger partial charge in [0.25, 0.3) is 0 Å². The number of methoxy groups -OCH3 is 1. The molecular formula is C7H16N2O2. The third-order valence-corrected chi connectivity index (χ3v) is 1.11. The lowest BCUT2D eigenvalue weighted by Gasteiger charge is -2.13. The molecule has 1 amide bonds. The van der Waals surface area contributed by atoms with Crippen LogP contribution in [0.15, 0.2) is 0 Å². The Morgan fingerprint density at radius 1 is 1.64 bits per heavy atom. The summed E-state index contributed by atoms with van der Waals surface area (Å²) in [5, 5.41) is 2.68. The van der Waals surface area contributed by atoms with Crippen molar-refractivity contribution in [2.75, 3.05) is 13.7 Å². The molecule has 0 aromatic rings. The molecule has 11 heavy (non-hydrogen) atoms. The Morgan fingerprint density at radius 2 is 2.18 bits per heavy atom. The molecular weight excluding hydrogens is 144 g/mol. The van der Waals surface area contributed by atoms with E-state index in [-0.39, 0.29) is 18.6 Å². The highest BCUT2D eigenvalue weighted by Crippen LogP contribution is 1.83. The van der Waals surface area contributed by atoms with E-state index >= 15 is 0 Å². The Bertz CT molecular complexity index is 126. The topological polar surface area (TPSA) is 64.3 Å². The summed E-state index contributed by atoms with van der Waals surface area (Å²) in [5.41, 5.74) is 5.44. The Hall–Kier alpha value is -0.610. The summed E-state index contributed by atoms with van der Waals surface area (Å²) < 4.78 is 4.72. The molecule has 0 aromatic carbocycles. The number of carbonyl (C=O) groups is 1. The molecule has 66 valence electrons. The van der Waals surface area contributed by atoms with Crippen LogP contribution in [0.5, 0.6) is 0 Å². The van der Waals surface area contributed by atoms with E-state index < -0.39 is 6.04 Å². The van der Waals surface area contributed by atoms with Gasteiger partial charge in [0, 0.05) is 13.2 Å². The fourth-order valence-corrected chi connectivity index (χ4v) is 0.647. The number of carbonyl (C=O) groups excluding carboxylic acids is 1. The van der Waals surface area contributed by atoms with Gasteiger partial charge in [0.2, 0.25) is 5.91 Å². The zero-order chi connectivity index (χ0) is 8.85. The quantitative estimate of drug-likeness (QED) is 0.582. The maximum absolute atomic E-state index is 11.0. The van der Waals surface area contributed by atoms with Crippen molar-refractivity contribution >= 4 is 5.91 Å². The number of hydrogen-bond acceptors (Lipinski definition) is 3. The largest absolute Gasteiger partial charge is 0.383 e. The summed E-state index contributed by atoms with van der Waals surface area (Å²) in [6.45, 7) is 4.04. The van der Waals surface area contributed by atoms with Crippen LogP contribution in [0.2, 0.25) is 0 Å². The van der Waals surface area contributed by atoms with Crippen molar-refractivity contribution < 1.29 is 9.53 Å². The summed E-state index contributed by atoms with van der Waals surface area (Å²) in [4.78, 5) is 11.0. The molecule has 0 aliphatic carbocycles. The average Bonchev–Trinajstić information content (AvgIpc) is 1.86. The van der Waals surface area contributed by atoms with E-state index in [4.69, 9.17) is 10.5 Å². The summed E-state index contributed by atoms with van der Waals surface area (Å²) in [6, 6.07) is -0.423. The number of nitrogens with two attached hydrogens (primary N) is 1. The zero-order valence-electron chi connectivity index (χ0n) is 7.26. The SMILES string of the molecule is COCC(N)C(=O)NC(C)C. The van der Waals surface area contributed by atoms with Crippen molar-refractivity contribution in [3.63, 3.8) is 0 Å². The van der Waals surface area contributed by atoms with Gasteiger partial charge >= 0.3 is 0 Å². The van der Waals surface area contributed by atoms with Gasteiger partial charge in [-0.25, -0.2) is 0 Å². The monoisotopic (exact) mass is 160 g/mol. The number of hydrogen-bond donors (Lipinski definition) is 2. The molecule has 0 aliphatic heterocycles. The first-order valence-corrected chi connectivity index (χ1v) is 3.62. The predicted molar refractivity (Wildman–Crippen MR) is 43.1 cm³/mol. The van der Waals surface area contributed by atoms with Crippen molar-refractivity contribution in [2.45, 2.75) is 25.9 Å². The number of rotatable bonds is 4. The molecule has 0 bridgehead atoms. The van der Waals surface area contributed by atoms with Crippen LogP contribution in [0.3, 0.4) is 0 Å². The molecule has 0 saturated carbocycles. The van der Waals surface area contributed by atoms with Crippen LogP contribution < -0.4 is 11.1 Å². The maximum Gasteiger partial charge on any atom is 0.239 e. The first-order valence-electron chi connectivity index (χ1n) is 3.62. The molecule has 1 unspecified atom stereocenters. The Morgan fingerprint density at radius 3 is 2.55 bits per heavy atom. The van der Waals surface area contributed by atoms with Gasteiger partial charge in [0.15, 0.2) is 0 Å². The Balaban J connectivity index is 3.64. The number of ether oxygens (including phenoxy) is 1. The first-order chi connectivity index (χ1) is 5.07. The molecule has 3 N–H and O–H groups in total. The summed E-state index contributed by atoms with van der Waals surface area (Å²) in [6.07, 6.45) is 0. The summed E-state index contributed by atoms with van der Waals surface area (Å²) in [5.74, 6) is -0.165. The minimum absolute atomic E-state index is 0.130. The van der Waals surface area contributed by atoms with Crippen molar-refractivity contribution in [1.82, 2.24) is 5.32 Å².